The Morgan fingerprint density at radius 3 is 2.59 bits per heavy atom. The molecule has 17 heavy (non-hydrogen) atoms. The van der Waals surface area contributed by atoms with E-state index in [0.29, 0.717) is 13.2 Å². The molecule has 1 aliphatic rings. The van der Waals surface area contributed by atoms with Crippen molar-refractivity contribution in [3.63, 3.8) is 0 Å². The SMILES string of the molecule is COc1ccc(C[C@H]2COC[C@H]2O)cc1OC. The molecule has 1 aliphatic heterocycles. The van der Waals surface area contributed by atoms with E-state index in [0.717, 1.165) is 23.5 Å². The number of benzene rings is 1. The van der Waals surface area contributed by atoms with Crippen LogP contribution >= 0.6 is 0 Å². The average Bonchev–Trinajstić information content (AvgIpc) is 2.75. The molecule has 0 bridgehead atoms. The highest BCUT2D eigenvalue weighted by molar-refractivity contribution is 5.43. The zero-order chi connectivity index (χ0) is 12.3. The third-order valence-corrected chi connectivity index (χ3v) is 3.11. The first-order valence-electron chi connectivity index (χ1n) is 5.71. The maximum absolute atomic E-state index is 9.70. The van der Waals surface area contributed by atoms with E-state index in [4.69, 9.17) is 14.2 Å². The van der Waals surface area contributed by atoms with Crippen molar-refractivity contribution in [1.29, 1.82) is 0 Å². The van der Waals surface area contributed by atoms with Gasteiger partial charge in [-0.15, -0.1) is 0 Å². The van der Waals surface area contributed by atoms with E-state index in [2.05, 4.69) is 0 Å². The molecule has 0 unspecified atom stereocenters. The molecule has 94 valence electrons. The predicted octanol–water partition coefficient (Wildman–Crippen LogP) is 1.25. The zero-order valence-corrected chi connectivity index (χ0v) is 10.2. The minimum absolute atomic E-state index is 0.174. The molecular formula is C13H18O4. The van der Waals surface area contributed by atoms with Crippen LogP contribution in [0, 0.1) is 5.92 Å². The fourth-order valence-electron chi connectivity index (χ4n) is 2.09. The summed E-state index contributed by atoms with van der Waals surface area (Å²) < 4.78 is 15.7. The van der Waals surface area contributed by atoms with Gasteiger partial charge in [0.25, 0.3) is 0 Å². The lowest BCUT2D eigenvalue weighted by molar-refractivity contribution is 0.118. The van der Waals surface area contributed by atoms with Gasteiger partial charge in [-0.05, 0) is 24.1 Å². The molecule has 0 aliphatic carbocycles. The summed E-state index contributed by atoms with van der Waals surface area (Å²) in [6, 6.07) is 5.83. The first kappa shape index (κ1) is 12.2. The van der Waals surface area contributed by atoms with Crippen LogP contribution in [0.4, 0.5) is 0 Å². The number of rotatable bonds is 4. The first-order valence-corrected chi connectivity index (χ1v) is 5.71. The Hall–Kier alpha value is -1.26. The molecule has 1 N–H and O–H groups in total. The van der Waals surface area contributed by atoms with E-state index in [9.17, 15) is 5.11 Å². The molecule has 2 atom stereocenters. The first-order chi connectivity index (χ1) is 8.24. The van der Waals surface area contributed by atoms with E-state index in [-0.39, 0.29) is 12.0 Å². The predicted molar refractivity (Wildman–Crippen MR) is 63.6 cm³/mol. The summed E-state index contributed by atoms with van der Waals surface area (Å²) >= 11 is 0. The number of ether oxygens (including phenoxy) is 3. The van der Waals surface area contributed by atoms with Crippen molar-refractivity contribution < 1.29 is 19.3 Å². The van der Waals surface area contributed by atoms with Gasteiger partial charge in [-0.3, -0.25) is 0 Å². The molecule has 0 spiro atoms. The Morgan fingerprint density at radius 1 is 1.24 bits per heavy atom. The fourth-order valence-corrected chi connectivity index (χ4v) is 2.09. The van der Waals surface area contributed by atoms with Gasteiger partial charge in [-0.2, -0.15) is 0 Å². The van der Waals surface area contributed by atoms with Crippen molar-refractivity contribution in [1.82, 2.24) is 0 Å². The average molecular weight is 238 g/mol. The quantitative estimate of drug-likeness (QED) is 0.857. The van der Waals surface area contributed by atoms with Gasteiger partial charge in [0.2, 0.25) is 0 Å². The van der Waals surface area contributed by atoms with E-state index in [1.807, 2.05) is 18.2 Å². The molecular weight excluding hydrogens is 220 g/mol. The highest BCUT2D eigenvalue weighted by Crippen LogP contribution is 2.29. The van der Waals surface area contributed by atoms with Gasteiger partial charge in [0.15, 0.2) is 11.5 Å². The number of aliphatic hydroxyl groups excluding tert-OH is 1. The second-order valence-electron chi connectivity index (χ2n) is 4.26. The fraction of sp³-hybridized carbons (Fsp3) is 0.538. The summed E-state index contributed by atoms with van der Waals surface area (Å²) in [7, 11) is 3.24. The Labute approximate surface area is 101 Å². The molecule has 0 aromatic heterocycles. The minimum atomic E-state index is -0.358. The van der Waals surface area contributed by atoms with Crippen LogP contribution in [0.25, 0.3) is 0 Å². The summed E-state index contributed by atoms with van der Waals surface area (Å²) in [5.41, 5.74) is 1.12. The normalized spacial score (nSPS) is 23.7. The lowest BCUT2D eigenvalue weighted by atomic mass is 9.96. The summed E-state index contributed by atoms with van der Waals surface area (Å²) in [6.45, 7) is 1.06. The molecule has 1 fully saturated rings. The lowest BCUT2D eigenvalue weighted by Crippen LogP contribution is -2.19. The number of aliphatic hydroxyl groups is 1. The third kappa shape index (κ3) is 2.70. The maximum atomic E-state index is 9.70. The van der Waals surface area contributed by atoms with Crippen molar-refractivity contribution in [2.24, 2.45) is 5.92 Å². The highest BCUT2D eigenvalue weighted by atomic mass is 16.5. The van der Waals surface area contributed by atoms with Crippen LogP contribution in [0.1, 0.15) is 5.56 Å². The van der Waals surface area contributed by atoms with Gasteiger partial charge in [0.1, 0.15) is 0 Å². The zero-order valence-electron chi connectivity index (χ0n) is 10.2. The van der Waals surface area contributed by atoms with Crippen molar-refractivity contribution in [2.75, 3.05) is 27.4 Å². The lowest BCUT2D eigenvalue weighted by Gasteiger charge is -2.14. The molecule has 0 amide bonds. The highest BCUT2D eigenvalue weighted by Gasteiger charge is 2.26. The standard InChI is InChI=1S/C13H18O4/c1-15-12-4-3-9(6-13(12)16-2)5-10-7-17-8-11(10)14/h3-4,6,10-11,14H,5,7-8H2,1-2H3/t10-,11+/m0/s1. The van der Waals surface area contributed by atoms with E-state index in [1.54, 1.807) is 14.2 Å². The van der Waals surface area contributed by atoms with Crippen LogP contribution in [0.2, 0.25) is 0 Å². The molecule has 2 rings (SSSR count). The van der Waals surface area contributed by atoms with Crippen LogP contribution < -0.4 is 9.47 Å². The molecule has 0 saturated carbocycles. The molecule has 4 nitrogen and oxygen atoms in total. The van der Waals surface area contributed by atoms with Gasteiger partial charge in [-0.1, -0.05) is 6.07 Å². The van der Waals surface area contributed by atoms with Gasteiger partial charge in [-0.25, -0.2) is 0 Å². The van der Waals surface area contributed by atoms with Crippen LogP contribution in [0.5, 0.6) is 11.5 Å². The molecule has 1 saturated heterocycles. The van der Waals surface area contributed by atoms with Crippen LogP contribution in [0.15, 0.2) is 18.2 Å². The van der Waals surface area contributed by atoms with Crippen LogP contribution in [-0.4, -0.2) is 38.6 Å². The molecule has 0 radical (unpaired) electrons. The van der Waals surface area contributed by atoms with Gasteiger partial charge in [0.05, 0.1) is 33.5 Å². The number of hydrogen-bond acceptors (Lipinski definition) is 4. The molecule has 4 heteroatoms. The van der Waals surface area contributed by atoms with E-state index < -0.39 is 0 Å². The van der Waals surface area contributed by atoms with E-state index >= 15 is 0 Å². The van der Waals surface area contributed by atoms with Crippen LogP contribution in [-0.2, 0) is 11.2 Å². The summed E-state index contributed by atoms with van der Waals surface area (Å²) in [5, 5.41) is 9.70. The number of hydrogen-bond donors (Lipinski definition) is 1. The molecule has 1 heterocycles. The van der Waals surface area contributed by atoms with Crippen molar-refractivity contribution in [3.8, 4) is 11.5 Å². The van der Waals surface area contributed by atoms with Gasteiger partial charge >= 0.3 is 0 Å². The minimum Gasteiger partial charge on any atom is -0.493 e. The summed E-state index contributed by atoms with van der Waals surface area (Å²) in [4.78, 5) is 0. The smallest absolute Gasteiger partial charge is 0.160 e. The van der Waals surface area contributed by atoms with Crippen molar-refractivity contribution >= 4 is 0 Å². The summed E-state index contributed by atoms with van der Waals surface area (Å²) in [6.07, 6.45) is 0.435. The van der Waals surface area contributed by atoms with Crippen LogP contribution in [0.3, 0.4) is 0 Å². The Balaban J connectivity index is 2.10. The van der Waals surface area contributed by atoms with Gasteiger partial charge < -0.3 is 19.3 Å². The maximum Gasteiger partial charge on any atom is 0.160 e. The number of methoxy groups -OCH3 is 2. The topological polar surface area (TPSA) is 47.9 Å². The second kappa shape index (κ2) is 5.38. The Bertz CT molecular complexity index is 378. The van der Waals surface area contributed by atoms with Crippen molar-refractivity contribution in [3.05, 3.63) is 23.8 Å². The monoisotopic (exact) mass is 238 g/mol. The Kier molecular flexibility index (Phi) is 3.86. The molecule has 1 aromatic carbocycles. The third-order valence-electron chi connectivity index (χ3n) is 3.11. The van der Waals surface area contributed by atoms with Crippen molar-refractivity contribution in [2.45, 2.75) is 12.5 Å². The van der Waals surface area contributed by atoms with E-state index in [1.165, 1.54) is 0 Å². The molecule has 1 aromatic rings. The Morgan fingerprint density at radius 2 is 2.00 bits per heavy atom. The second-order valence-corrected chi connectivity index (χ2v) is 4.26. The largest absolute Gasteiger partial charge is 0.493 e. The van der Waals surface area contributed by atoms with Gasteiger partial charge in [0, 0.05) is 5.92 Å². The summed E-state index contributed by atoms with van der Waals surface area (Å²) in [5.74, 6) is 1.62.